The van der Waals surface area contributed by atoms with Gasteiger partial charge in [0.25, 0.3) is 0 Å². The van der Waals surface area contributed by atoms with Gasteiger partial charge in [0.15, 0.2) is 0 Å². The van der Waals surface area contributed by atoms with Crippen molar-refractivity contribution in [3.05, 3.63) is 5.73 Å². The third-order valence-corrected chi connectivity index (χ3v) is 0.530. The van der Waals surface area contributed by atoms with Crippen LogP contribution >= 0.6 is 0 Å². The molecule has 2 heteroatoms. The van der Waals surface area contributed by atoms with Crippen molar-refractivity contribution in [3.63, 3.8) is 0 Å². The van der Waals surface area contributed by atoms with Crippen LogP contribution < -0.4 is 0 Å². The molecule has 0 atom stereocenters. The predicted octanol–water partition coefficient (Wildman–Crippen LogP) is 1.84. The van der Waals surface area contributed by atoms with Crippen molar-refractivity contribution in [2.75, 3.05) is 6.54 Å². The molecule has 6 heavy (non-hydrogen) atoms. The topological polar surface area (TPSA) is 23.8 Å². The second-order valence-electron chi connectivity index (χ2n) is 1.10. The molecule has 0 rings (SSSR count). The molecule has 0 aromatic heterocycles. The van der Waals surface area contributed by atoms with Crippen LogP contribution in [-0.2, 0) is 21.1 Å². The van der Waals surface area contributed by atoms with Crippen molar-refractivity contribution in [3.8, 4) is 0 Å². The summed E-state index contributed by atoms with van der Waals surface area (Å²) in [5, 5.41) is 0. The Morgan fingerprint density at radius 1 is 1.50 bits per heavy atom. The second-order valence-corrected chi connectivity index (χ2v) is 1.10. The van der Waals surface area contributed by atoms with E-state index in [0.29, 0.717) is 6.54 Å². The van der Waals surface area contributed by atoms with E-state index in [2.05, 4.69) is 6.92 Å². The van der Waals surface area contributed by atoms with Gasteiger partial charge in [0, 0.05) is 21.1 Å². The smallest absolute Gasteiger partial charge is 0 e. The third kappa shape index (κ3) is 8.82. The van der Waals surface area contributed by atoms with Crippen molar-refractivity contribution in [2.45, 2.75) is 19.8 Å². The number of rotatable bonds is 2. The molecule has 0 fully saturated rings. The molecule has 0 bridgehead atoms. The minimum atomic E-state index is 0. The summed E-state index contributed by atoms with van der Waals surface area (Å²) in [5.74, 6) is 0. The van der Waals surface area contributed by atoms with E-state index in [1.54, 1.807) is 0 Å². The van der Waals surface area contributed by atoms with Crippen molar-refractivity contribution in [2.24, 2.45) is 0 Å². The standard InChI is InChI=1S/C4H10N.W/c1-2-3-4-5;/h5H,2-4H2,1H3;/q-1;. The Bertz CT molecular complexity index is 15.0. The quantitative estimate of drug-likeness (QED) is 0.719. The van der Waals surface area contributed by atoms with E-state index < -0.39 is 0 Å². The van der Waals surface area contributed by atoms with Crippen LogP contribution in [0, 0.1) is 0 Å². The maximum absolute atomic E-state index is 6.60. The molecule has 0 amide bonds. The zero-order valence-corrected chi connectivity index (χ0v) is 6.96. The average molecular weight is 256 g/mol. The van der Waals surface area contributed by atoms with E-state index in [1.165, 1.54) is 0 Å². The predicted molar refractivity (Wildman–Crippen MR) is 24.1 cm³/mol. The maximum atomic E-state index is 6.60. The van der Waals surface area contributed by atoms with Gasteiger partial charge in [-0.15, -0.1) is 0 Å². The van der Waals surface area contributed by atoms with Gasteiger partial charge in [-0.05, 0) is 0 Å². The SMILES string of the molecule is CCCC[NH-].[W]. The fraction of sp³-hybridized carbons (Fsp3) is 1.00. The molecule has 0 saturated carbocycles. The first-order valence-electron chi connectivity index (χ1n) is 2.06. The summed E-state index contributed by atoms with van der Waals surface area (Å²) in [6.45, 7) is 2.69. The van der Waals surface area contributed by atoms with Gasteiger partial charge in [-0.1, -0.05) is 19.8 Å². The first-order chi connectivity index (χ1) is 2.41. The number of hydrogen-bond acceptors (Lipinski definition) is 0. The summed E-state index contributed by atoms with van der Waals surface area (Å²) >= 11 is 0. The normalized spacial score (nSPS) is 7.00. The first kappa shape index (κ1) is 9.82. The van der Waals surface area contributed by atoms with Crippen LogP contribution in [0.15, 0.2) is 0 Å². The Kier molecular flexibility index (Phi) is 15.0. The monoisotopic (exact) mass is 256 g/mol. The molecule has 0 aliphatic carbocycles. The minimum absolute atomic E-state index is 0. The van der Waals surface area contributed by atoms with Gasteiger partial charge in [-0.2, -0.15) is 6.54 Å². The number of unbranched alkanes of at least 4 members (excludes halogenated alkanes) is 1. The molecular formula is C4H10NW-. The van der Waals surface area contributed by atoms with Crippen molar-refractivity contribution in [1.82, 2.24) is 0 Å². The van der Waals surface area contributed by atoms with E-state index in [1.807, 2.05) is 0 Å². The van der Waals surface area contributed by atoms with Crippen LogP contribution in [0.25, 0.3) is 5.73 Å². The van der Waals surface area contributed by atoms with Gasteiger partial charge in [0.1, 0.15) is 0 Å². The maximum Gasteiger partial charge on any atom is 0 e. The Morgan fingerprint density at radius 2 is 2.00 bits per heavy atom. The molecule has 0 saturated heterocycles. The van der Waals surface area contributed by atoms with Gasteiger partial charge in [0.2, 0.25) is 0 Å². The van der Waals surface area contributed by atoms with Crippen LogP contribution in [0.5, 0.6) is 0 Å². The zero-order valence-electron chi connectivity index (χ0n) is 4.03. The largest absolute Gasteiger partial charge is 0.677 e. The molecule has 1 nitrogen and oxygen atoms in total. The Balaban J connectivity index is 0. The first-order valence-corrected chi connectivity index (χ1v) is 2.06. The van der Waals surface area contributed by atoms with Gasteiger partial charge in [0.05, 0.1) is 0 Å². The van der Waals surface area contributed by atoms with Gasteiger partial charge < -0.3 is 5.73 Å². The molecule has 0 aromatic rings. The Morgan fingerprint density at radius 3 is 2.00 bits per heavy atom. The molecule has 0 aliphatic rings. The zero-order chi connectivity index (χ0) is 4.12. The summed E-state index contributed by atoms with van der Waals surface area (Å²) in [6.07, 6.45) is 2.21. The van der Waals surface area contributed by atoms with E-state index in [-0.39, 0.29) is 21.1 Å². The number of nitrogens with one attached hydrogen (secondary N) is 1. The summed E-state index contributed by atoms with van der Waals surface area (Å²) in [7, 11) is 0. The van der Waals surface area contributed by atoms with E-state index in [4.69, 9.17) is 5.73 Å². The van der Waals surface area contributed by atoms with Gasteiger partial charge >= 0.3 is 0 Å². The van der Waals surface area contributed by atoms with Crippen molar-refractivity contribution >= 4 is 0 Å². The minimum Gasteiger partial charge on any atom is -0.677 e. The molecule has 0 radical (unpaired) electrons. The van der Waals surface area contributed by atoms with Crippen LogP contribution in [0.1, 0.15) is 19.8 Å². The molecule has 0 heterocycles. The Hall–Kier alpha value is 0.648. The third-order valence-electron chi connectivity index (χ3n) is 0.530. The van der Waals surface area contributed by atoms with Gasteiger partial charge in [-0.3, -0.25) is 0 Å². The fourth-order valence-corrected chi connectivity index (χ4v) is 0.177. The van der Waals surface area contributed by atoms with Crippen LogP contribution in [0.3, 0.4) is 0 Å². The Labute approximate surface area is 53.6 Å². The van der Waals surface area contributed by atoms with E-state index in [9.17, 15) is 0 Å². The molecule has 0 spiro atoms. The molecule has 0 unspecified atom stereocenters. The summed E-state index contributed by atoms with van der Waals surface area (Å²) in [4.78, 5) is 0. The van der Waals surface area contributed by atoms with Crippen LogP contribution in [-0.4, -0.2) is 6.54 Å². The fourth-order valence-electron chi connectivity index (χ4n) is 0.177. The van der Waals surface area contributed by atoms with Gasteiger partial charge in [-0.25, -0.2) is 0 Å². The molecule has 0 aliphatic heterocycles. The van der Waals surface area contributed by atoms with E-state index >= 15 is 0 Å². The molecule has 1 N–H and O–H groups in total. The molecular weight excluding hydrogens is 246 g/mol. The van der Waals surface area contributed by atoms with E-state index in [0.717, 1.165) is 12.8 Å². The molecule has 0 aromatic carbocycles. The molecule has 38 valence electrons. The summed E-state index contributed by atoms with van der Waals surface area (Å²) < 4.78 is 0. The van der Waals surface area contributed by atoms with Crippen molar-refractivity contribution < 1.29 is 21.1 Å². The average Bonchev–Trinajstić information content (AvgIpc) is 1.41. The summed E-state index contributed by atoms with van der Waals surface area (Å²) in [5.41, 5.74) is 6.60. The van der Waals surface area contributed by atoms with Crippen molar-refractivity contribution in [1.29, 1.82) is 0 Å². The number of hydrogen-bond donors (Lipinski definition) is 0. The summed E-state index contributed by atoms with van der Waals surface area (Å²) in [6, 6.07) is 0. The van der Waals surface area contributed by atoms with Crippen LogP contribution in [0.4, 0.5) is 0 Å². The second kappa shape index (κ2) is 9.17. The van der Waals surface area contributed by atoms with Crippen LogP contribution in [0.2, 0.25) is 0 Å².